The molecule has 106 valence electrons. The van der Waals surface area contributed by atoms with Crippen molar-refractivity contribution in [3.05, 3.63) is 28.7 Å². The molecule has 0 unspecified atom stereocenters. The van der Waals surface area contributed by atoms with Gasteiger partial charge >= 0.3 is 0 Å². The van der Waals surface area contributed by atoms with E-state index >= 15 is 0 Å². The highest BCUT2D eigenvalue weighted by molar-refractivity contribution is 5.75. The van der Waals surface area contributed by atoms with Gasteiger partial charge in [-0.15, -0.1) is 0 Å². The van der Waals surface area contributed by atoms with E-state index in [1.807, 2.05) is 32.8 Å². The van der Waals surface area contributed by atoms with E-state index in [1.165, 1.54) is 22.9 Å². The Hall–Kier alpha value is -1.82. The number of nitrogens with two attached hydrogens (primary N) is 1. The lowest BCUT2D eigenvalue weighted by atomic mass is 10.0. The van der Waals surface area contributed by atoms with Gasteiger partial charge in [-0.05, 0) is 34.0 Å². The Morgan fingerprint density at radius 1 is 1.42 bits per heavy atom. The highest BCUT2D eigenvalue weighted by Gasteiger charge is 2.21. The van der Waals surface area contributed by atoms with Crippen molar-refractivity contribution in [3.8, 4) is 0 Å². The molecule has 1 amide bonds. The SMILES string of the molecule is CN(C)C(C)(C)CNC(=O)Cn1cc(N)ccc1=O. The largest absolute Gasteiger partial charge is 0.398 e. The van der Waals surface area contributed by atoms with Gasteiger partial charge in [-0.3, -0.25) is 9.59 Å². The molecule has 0 aliphatic rings. The lowest BCUT2D eigenvalue weighted by Crippen LogP contribution is -2.49. The van der Waals surface area contributed by atoms with Gasteiger partial charge in [0.1, 0.15) is 6.54 Å². The number of nitrogen functional groups attached to an aromatic ring is 1. The Bertz CT molecular complexity index is 506. The molecule has 1 aromatic heterocycles. The number of likely N-dealkylation sites (N-methyl/N-ethyl adjacent to an activating group) is 1. The van der Waals surface area contributed by atoms with Gasteiger partial charge in [-0.1, -0.05) is 0 Å². The number of carbonyl (C=O) groups is 1. The average molecular weight is 266 g/mol. The van der Waals surface area contributed by atoms with Crippen LogP contribution in [0.1, 0.15) is 13.8 Å². The zero-order chi connectivity index (χ0) is 14.6. The highest BCUT2D eigenvalue weighted by Crippen LogP contribution is 2.07. The summed E-state index contributed by atoms with van der Waals surface area (Å²) in [5, 5.41) is 2.82. The van der Waals surface area contributed by atoms with Crippen molar-refractivity contribution in [2.45, 2.75) is 25.9 Å². The quantitative estimate of drug-likeness (QED) is 0.779. The number of rotatable bonds is 5. The molecule has 1 rings (SSSR count). The molecule has 3 N–H and O–H groups in total. The number of carbonyl (C=O) groups excluding carboxylic acids is 1. The van der Waals surface area contributed by atoms with Gasteiger partial charge in [0.25, 0.3) is 5.56 Å². The molecule has 0 aromatic carbocycles. The zero-order valence-corrected chi connectivity index (χ0v) is 11.9. The molecule has 1 aromatic rings. The molecule has 6 nitrogen and oxygen atoms in total. The van der Waals surface area contributed by atoms with Gasteiger partial charge in [0.15, 0.2) is 0 Å². The van der Waals surface area contributed by atoms with Gasteiger partial charge in [-0.2, -0.15) is 0 Å². The molecule has 0 saturated heterocycles. The molecule has 6 heteroatoms. The second-order valence-electron chi connectivity index (χ2n) is 5.41. The van der Waals surface area contributed by atoms with E-state index in [9.17, 15) is 9.59 Å². The van der Waals surface area contributed by atoms with E-state index in [0.717, 1.165) is 0 Å². The minimum Gasteiger partial charge on any atom is -0.398 e. The van der Waals surface area contributed by atoms with Crippen molar-refractivity contribution < 1.29 is 4.79 Å². The fraction of sp³-hybridized carbons (Fsp3) is 0.538. The van der Waals surface area contributed by atoms with E-state index in [2.05, 4.69) is 5.32 Å². The summed E-state index contributed by atoms with van der Waals surface area (Å²) in [5.41, 5.74) is 5.67. The zero-order valence-electron chi connectivity index (χ0n) is 11.9. The van der Waals surface area contributed by atoms with Crippen molar-refractivity contribution in [3.63, 3.8) is 0 Å². The van der Waals surface area contributed by atoms with Crippen LogP contribution in [-0.2, 0) is 11.3 Å². The Morgan fingerprint density at radius 3 is 2.63 bits per heavy atom. The molecule has 19 heavy (non-hydrogen) atoms. The third-order valence-corrected chi connectivity index (χ3v) is 3.25. The first-order valence-corrected chi connectivity index (χ1v) is 6.12. The number of aromatic nitrogens is 1. The molecule has 0 aliphatic carbocycles. The lowest BCUT2D eigenvalue weighted by Gasteiger charge is -2.32. The van der Waals surface area contributed by atoms with Crippen molar-refractivity contribution in [2.75, 3.05) is 26.4 Å². The predicted octanol–water partition coefficient (Wildman–Crippen LogP) is -0.113. The standard InChI is InChI=1S/C13H22N4O2/c1-13(2,16(3)4)9-15-11(18)8-17-7-10(14)5-6-12(17)19/h5-7H,8-9,14H2,1-4H3,(H,15,18). The molecule has 0 bridgehead atoms. The molecular formula is C13H22N4O2. The summed E-state index contributed by atoms with van der Waals surface area (Å²) in [6.07, 6.45) is 1.47. The lowest BCUT2D eigenvalue weighted by molar-refractivity contribution is -0.122. The van der Waals surface area contributed by atoms with Crippen LogP contribution in [0.25, 0.3) is 0 Å². The smallest absolute Gasteiger partial charge is 0.251 e. The predicted molar refractivity (Wildman–Crippen MR) is 75.9 cm³/mol. The first-order chi connectivity index (χ1) is 8.72. The maximum Gasteiger partial charge on any atom is 0.251 e. The molecule has 0 radical (unpaired) electrons. The summed E-state index contributed by atoms with van der Waals surface area (Å²) < 4.78 is 1.30. The third-order valence-electron chi connectivity index (χ3n) is 3.25. The van der Waals surface area contributed by atoms with Crippen LogP contribution in [0.5, 0.6) is 0 Å². The van der Waals surface area contributed by atoms with E-state index in [0.29, 0.717) is 12.2 Å². The molecule has 0 atom stereocenters. The summed E-state index contributed by atoms with van der Waals surface area (Å²) in [6.45, 7) is 4.54. The molecular weight excluding hydrogens is 244 g/mol. The summed E-state index contributed by atoms with van der Waals surface area (Å²) >= 11 is 0. The number of anilines is 1. The summed E-state index contributed by atoms with van der Waals surface area (Å²) in [4.78, 5) is 25.4. The Balaban J connectivity index is 2.61. The van der Waals surface area contributed by atoms with E-state index in [4.69, 9.17) is 5.73 Å². The van der Waals surface area contributed by atoms with Gasteiger partial charge in [0, 0.05) is 30.0 Å². The van der Waals surface area contributed by atoms with E-state index in [-0.39, 0.29) is 23.6 Å². The number of nitrogens with zero attached hydrogens (tertiary/aromatic N) is 2. The van der Waals surface area contributed by atoms with Gasteiger partial charge < -0.3 is 20.5 Å². The molecule has 0 aliphatic heterocycles. The van der Waals surface area contributed by atoms with Crippen LogP contribution >= 0.6 is 0 Å². The van der Waals surface area contributed by atoms with Crippen LogP contribution in [0.4, 0.5) is 5.69 Å². The van der Waals surface area contributed by atoms with Crippen LogP contribution in [-0.4, -0.2) is 41.6 Å². The Labute approximate surface area is 113 Å². The number of amides is 1. The molecule has 0 fully saturated rings. The first-order valence-electron chi connectivity index (χ1n) is 6.12. The van der Waals surface area contributed by atoms with Crippen LogP contribution in [0.15, 0.2) is 23.1 Å². The average Bonchev–Trinajstić information content (AvgIpc) is 2.31. The summed E-state index contributed by atoms with van der Waals surface area (Å²) in [5.74, 6) is -0.206. The fourth-order valence-corrected chi connectivity index (χ4v) is 1.36. The molecule has 1 heterocycles. The van der Waals surface area contributed by atoms with Gasteiger partial charge in [-0.25, -0.2) is 0 Å². The summed E-state index contributed by atoms with van der Waals surface area (Å²) in [6, 6.07) is 2.87. The second kappa shape index (κ2) is 5.88. The van der Waals surface area contributed by atoms with Crippen molar-refractivity contribution >= 4 is 11.6 Å². The minimum atomic E-state index is -0.240. The van der Waals surface area contributed by atoms with E-state index < -0.39 is 0 Å². The maximum atomic E-state index is 11.8. The van der Waals surface area contributed by atoms with Crippen molar-refractivity contribution in [1.82, 2.24) is 14.8 Å². The van der Waals surface area contributed by atoms with Crippen LogP contribution in [0.3, 0.4) is 0 Å². The van der Waals surface area contributed by atoms with E-state index in [1.54, 1.807) is 0 Å². The minimum absolute atomic E-state index is 0.0205. The first kappa shape index (κ1) is 15.2. The fourth-order valence-electron chi connectivity index (χ4n) is 1.36. The number of hydrogen-bond acceptors (Lipinski definition) is 4. The highest BCUT2D eigenvalue weighted by atomic mass is 16.2. The number of hydrogen-bond donors (Lipinski definition) is 2. The van der Waals surface area contributed by atoms with Crippen LogP contribution < -0.4 is 16.6 Å². The molecule has 0 saturated carbocycles. The number of nitrogens with one attached hydrogen (secondary N) is 1. The van der Waals surface area contributed by atoms with Gasteiger partial charge in [0.2, 0.25) is 5.91 Å². The van der Waals surface area contributed by atoms with Gasteiger partial charge in [0.05, 0.1) is 0 Å². The summed E-state index contributed by atoms with van der Waals surface area (Å²) in [7, 11) is 3.91. The monoisotopic (exact) mass is 266 g/mol. The number of pyridine rings is 1. The Morgan fingerprint density at radius 2 is 2.05 bits per heavy atom. The Kier molecular flexibility index (Phi) is 4.72. The second-order valence-corrected chi connectivity index (χ2v) is 5.41. The third kappa shape index (κ3) is 4.40. The van der Waals surface area contributed by atoms with Crippen LogP contribution in [0, 0.1) is 0 Å². The molecule has 0 spiro atoms. The van der Waals surface area contributed by atoms with Crippen molar-refractivity contribution in [1.29, 1.82) is 0 Å². The maximum absolute atomic E-state index is 11.8. The van der Waals surface area contributed by atoms with Crippen molar-refractivity contribution in [2.24, 2.45) is 0 Å². The topological polar surface area (TPSA) is 80.4 Å². The normalized spacial score (nSPS) is 11.6. The van der Waals surface area contributed by atoms with Crippen LogP contribution in [0.2, 0.25) is 0 Å².